The van der Waals surface area contributed by atoms with Gasteiger partial charge in [0, 0.05) is 17.8 Å². The first kappa shape index (κ1) is 21.4. The van der Waals surface area contributed by atoms with E-state index in [0.717, 1.165) is 35.5 Å². The molecule has 10 heteroatoms. The van der Waals surface area contributed by atoms with Crippen molar-refractivity contribution in [3.63, 3.8) is 0 Å². The maximum atomic E-state index is 13.7. The first-order valence-electron chi connectivity index (χ1n) is 10.3. The highest BCUT2D eigenvalue weighted by molar-refractivity contribution is 7.09. The molecule has 32 heavy (non-hydrogen) atoms. The standard InChI is InChI=1S/C22H22N8OS/c1-2-3-6-20-24-13-19(29(20)14-17-9-7-16(12-23)8-10-17)21(31)30(22-25-27-28-26-22)15-18-5-4-11-32-18/h4-5,7-11,13H,2-3,6,14-15H2,1H3,(H,25,26,27,28). The van der Waals surface area contributed by atoms with Crippen LogP contribution in [0.2, 0.25) is 0 Å². The highest BCUT2D eigenvalue weighted by atomic mass is 32.1. The Morgan fingerprint density at radius 2 is 2.12 bits per heavy atom. The topological polar surface area (TPSA) is 116 Å². The number of unbranched alkanes of at least 4 members (excludes halogenated alkanes) is 1. The molecule has 0 aliphatic carbocycles. The fraction of sp³-hybridized carbons (Fsp3) is 0.273. The van der Waals surface area contributed by atoms with Crippen LogP contribution in [0.3, 0.4) is 0 Å². The van der Waals surface area contributed by atoms with Crippen molar-refractivity contribution < 1.29 is 4.79 Å². The SMILES string of the molecule is CCCCc1ncc(C(=O)N(Cc2cccs2)c2nn[nH]n2)n1Cc1ccc(C#N)cc1. The van der Waals surface area contributed by atoms with Crippen LogP contribution in [-0.4, -0.2) is 36.1 Å². The molecule has 0 saturated heterocycles. The summed E-state index contributed by atoms with van der Waals surface area (Å²) in [5, 5.41) is 25.2. The smallest absolute Gasteiger partial charge is 0.279 e. The predicted octanol–water partition coefficient (Wildman–Crippen LogP) is 3.57. The molecule has 0 atom stereocenters. The van der Waals surface area contributed by atoms with E-state index in [1.807, 2.05) is 34.2 Å². The summed E-state index contributed by atoms with van der Waals surface area (Å²) in [5.74, 6) is 0.817. The van der Waals surface area contributed by atoms with E-state index in [1.54, 1.807) is 29.7 Å². The van der Waals surface area contributed by atoms with Gasteiger partial charge in [-0.25, -0.2) is 4.98 Å². The Labute approximate surface area is 189 Å². The van der Waals surface area contributed by atoms with E-state index in [4.69, 9.17) is 5.26 Å². The molecule has 0 saturated carbocycles. The number of hydrogen-bond donors (Lipinski definition) is 1. The van der Waals surface area contributed by atoms with Crippen LogP contribution in [0.4, 0.5) is 5.95 Å². The number of tetrazole rings is 1. The molecule has 9 nitrogen and oxygen atoms in total. The van der Waals surface area contributed by atoms with E-state index < -0.39 is 0 Å². The van der Waals surface area contributed by atoms with Crippen molar-refractivity contribution in [1.29, 1.82) is 5.26 Å². The molecule has 3 heterocycles. The van der Waals surface area contributed by atoms with Crippen LogP contribution in [0.1, 0.15) is 52.1 Å². The second kappa shape index (κ2) is 9.98. The van der Waals surface area contributed by atoms with Crippen molar-refractivity contribution in [2.45, 2.75) is 39.3 Å². The van der Waals surface area contributed by atoms with Gasteiger partial charge in [-0.1, -0.05) is 36.6 Å². The lowest BCUT2D eigenvalue weighted by atomic mass is 10.1. The molecule has 4 rings (SSSR count). The highest BCUT2D eigenvalue weighted by Gasteiger charge is 2.26. The second-order valence-corrected chi connectivity index (χ2v) is 8.27. The Hall–Kier alpha value is -3.84. The summed E-state index contributed by atoms with van der Waals surface area (Å²) in [6.45, 7) is 2.94. The molecule has 0 spiro atoms. The summed E-state index contributed by atoms with van der Waals surface area (Å²) in [6, 6.07) is 13.4. The van der Waals surface area contributed by atoms with E-state index in [2.05, 4.69) is 38.6 Å². The van der Waals surface area contributed by atoms with Crippen molar-refractivity contribution in [2.75, 3.05) is 4.90 Å². The molecule has 1 N–H and O–H groups in total. The van der Waals surface area contributed by atoms with Gasteiger partial charge < -0.3 is 4.57 Å². The summed E-state index contributed by atoms with van der Waals surface area (Å²) in [6.07, 6.45) is 4.40. The van der Waals surface area contributed by atoms with Crippen molar-refractivity contribution in [3.05, 3.63) is 75.5 Å². The number of aryl methyl sites for hydroxylation is 1. The molecule has 3 aromatic heterocycles. The van der Waals surface area contributed by atoms with E-state index in [0.29, 0.717) is 24.3 Å². The number of H-pyrrole nitrogens is 1. The van der Waals surface area contributed by atoms with Crippen LogP contribution in [0, 0.1) is 11.3 Å². The number of benzene rings is 1. The van der Waals surface area contributed by atoms with Gasteiger partial charge in [-0.15, -0.1) is 16.4 Å². The normalized spacial score (nSPS) is 10.8. The van der Waals surface area contributed by atoms with E-state index in [1.165, 1.54) is 4.90 Å². The summed E-state index contributed by atoms with van der Waals surface area (Å²) in [4.78, 5) is 20.8. The van der Waals surface area contributed by atoms with Gasteiger partial charge >= 0.3 is 0 Å². The Morgan fingerprint density at radius 1 is 1.28 bits per heavy atom. The van der Waals surface area contributed by atoms with Crippen molar-refractivity contribution in [1.82, 2.24) is 30.2 Å². The second-order valence-electron chi connectivity index (χ2n) is 7.24. The Kier molecular flexibility index (Phi) is 6.67. The van der Waals surface area contributed by atoms with Crippen LogP contribution in [0.5, 0.6) is 0 Å². The van der Waals surface area contributed by atoms with Gasteiger partial charge in [-0.3, -0.25) is 9.69 Å². The molecular formula is C22H22N8OS. The van der Waals surface area contributed by atoms with E-state index in [-0.39, 0.29) is 11.9 Å². The fourth-order valence-electron chi connectivity index (χ4n) is 3.36. The molecule has 0 unspecified atom stereocenters. The number of thiophene rings is 1. The predicted molar refractivity (Wildman–Crippen MR) is 120 cm³/mol. The summed E-state index contributed by atoms with van der Waals surface area (Å²) in [7, 11) is 0. The zero-order valence-electron chi connectivity index (χ0n) is 17.6. The quantitative estimate of drug-likeness (QED) is 0.420. The first-order valence-corrected chi connectivity index (χ1v) is 11.2. The molecule has 0 radical (unpaired) electrons. The molecule has 0 aliphatic heterocycles. The van der Waals surface area contributed by atoms with Crippen molar-refractivity contribution in [3.8, 4) is 6.07 Å². The monoisotopic (exact) mass is 446 g/mol. The molecule has 1 aromatic carbocycles. The zero-order valence-corrected chi connectivity index (χ0v) is 18.4. The minimum absolute atomic E-state index is 0.213. The number of aromatic amines is 1. The van der Waals surface area contributed by atoms with Gasteiger partial charge in [0.2, 0.25) is 0 Å². The number of nitrogens with one attached hydrogen (secondary N) is 1. The highest BCUT2D eigenvalue weighted by Crippen LogP contribution is 2.20. The Morgan fingerprint density at radius 3 is 2.78 bits per heavy atom. The minimum Gasteiger partial charge on any atom is -0.319 e. The number of nitriles is 1. The fourth-order valence-corrected chi connectivity index (χ4v) is 4.06. The molecule has 162 valence electrons. The molecule has 0 aliphatic rings. The molecule has 4 aromatic rings. The lowest BCUT2D eigenvalue weighted by molar-refractivity contribution is 0.0975. The average Bonchev–Trinajstić information content (AvgIpc) is 3.59. The number of carbonyl (C=O) groups excluding carboxylic acids is 1. The molecular weight excluding hydrogens is 424 g/mol. The third-order valence-electron chi connectivity index (χ3n) is 5.05. The van der Waals surface area contributed by atoms with Gasteiger partial charge in [-0.05, 0) is 40.8 Å². The Bertz CT molecular complexity index is 1190. The van der Waals surface area contributed by atoms with Crippen molar-refractivity contribution in [2.24, 2.45) is 0 Å². The number of anilines is 1. The summed E-state index contributed by atoms with van der Waals surface area (Å²) in [5.41, 5.74) is 2.04. The minimum atomic E-state index is -0.247. The zero-order chi connectivity index (χ0) is 22.3. The third-order valence-corrected chi connectivity index (χ3v) is 5.91. The largest absolute Gasteiger partial charge is 0.319 e. The molecule has 1 amide bonds. The summed E-state index contributed by atoms with van der Waals surface area (Å²) < 4.78 is 1.95. The number of nitrogens with zero attached hydrogens (tertiary/aromatic N) is 7. The van der Waals surface area contributed by atoms with Gasteiger partial charge in [0.1, 0.15) is 11.5 Å². The summed E-state index contributed by atoms with van der Waals surface area (Å²) >= 11 is 1.56. The number of imidazole rings is 1. The van der Waals surface area contributed by atoms with Crippen LogP contribution < -0.4 is 4.90 Å². The van der Waals surface area contributed by atoms with Crippen LogP contribution in [-0.2, 0) is 19.5 Å². The third kappa shape index (κ3) is 4.73. The van der Waals surface area contributed by atoms with Crippen LogP contribution >= 0.6 is 11.3 Å². The average molecular weight is 447 g/mol. The van der Waals surface area contributed by atoms with Crippen molar-refractivity contribution >= 4 is 23.2 Å². The number of rotatable bonds is 9. The molecule has 0 fully saturated rings. The van der Waals surface area contributed by atoms with Gasteiger partial charge in [0.15, 0.2) is 0 Å². The van der Waals surface area contributed by atoms with E-state index in [9.17, 15) is 4.79 Å². The maximum Gasteiger partial charge on any atom is 0.279 e. The maximum absolute atomic E-state index is 13.7. The van der Waals surface area contributed by atoms with Crippen LogP contribution in [0.15, 0.2) is 48.0 Å². The lowest BCUT2D eigenvalue weighted by Crippen LogP contribution is -2.33. The lowest BCUT2D eigenvalue weighted by Gasteiger charge is -2.19. The number of carbonyl (C=O) groups is 1. The number of amides is 1. The number of aromatic nitrogens is 6. The van der Waals surface area contributed by atoms with Gasteiger partial charge in [0.05, 0.1) is 24.4 Å². The van der Waals surface area contributed by atoms with Gasteiger partial charge in [0.25, 0.3) is 11.9 Å². The Balaban J connectivity index is 1.69. The van der Waals surface area contributed by atoms with E-state index >= 15 is 0 Å². The first-order chi connectivity index (χ1) is 15.7. The molecule has 0 bridgehead atoms. The van der Waals surface area contributed by atoms with Gasteiger partial charge in [-0.2, -0.15) is 10.5 Å². The number of hydrogen-bond acceptors (Lipinski definition) is 7. The van der Waals surface area contributed by atoms with Crippen LogP contribution in [0.25, 0.3) is 0 Å².